The number of carbonyl (C=O) groups is 3. The van der Waals surface area contributed by atoms with Crippen LogP contribution in [0.25, 0.3) is 0 Å². The van der Waals surface area contributed by atoms with E-state index in [2.05, 4.69) is 38.2 Å². The Morgan fingerprint density at radius 3 is 0.763 bits per heavy atom. The molecule has 2 unspecified atom stereocenters. The summed E-state index contributed by atoms with van der Waals surface area (Å²) in [6, 6.07) is 0. The van der Waals surface area contributed by atoms with E-state index in [-0.39, 0.29) is 38.2 Å². The van der Waals surface area contributed by atoms with E-state index < -0.39 is 18.4 Å². The molecule has 0 radical (unpaired) electrons. The second kappa shape index (κ2) is 79.5. The molecule has 0 aliphatic carbocycles. The number of aliphatic carboxylic acids is 1. The maximum atomic E-state index is 13.0. The van der Waals surface area contributed by atoms with E-state index in [1.54, 1.807) is 0 Å². The zero-order chi connectivity index (χ0) is 70.4. The number of ether oxygens (including phenoxy) is 4. The van der Waals surface area contributed by atoms with E-state index in [0.29, 0.717) is 17.4 Å². The standard InChI is InChI=1S/C88H169NO8/c1-6-8-10-12-14-16-18-20-22-24-26-28-30-32-34-36-38-39-40-41-42-43-44-45-46-47-49-51-53-55-57-59-61-63-65-67-69-71-73-75-77-79-86(91)97-84(83-96-88(87(92)93)94-81-80-89(3,4)5)82-95-85(90)78-76-74-72-70-68-66-64-62-60-58-56-54-52-50-48-37-35-33-31-29-27-25-23-21-19-17-15-13-11-9-7-2/h24-27,84,88H,6-23,28-83H2,1-5H3/p+1/b26-24-,27-25-. The summed E-state index contributed by atoms with van der Waals surface area (Å²) < 4.78 is 23.1. The van der Waals surface area contributed by atoms with Crippen LogP contribution >= 0.6 is 0 Å². The molecule has 574 valence electrons. The van der Waals surface area contributed by atoms with Gasteiger partial charge in [0.2, 0.25) is 0 Å². The quantitative estimate of drug-likeness (QED) is 0.0211. The molecule has 0 aliphatic heterocycles. The van der Waals surface area contributed by atoms with Crippen LogP contribution in [0, 0.1) is 0 Å². The number of quaternary nitrogens is 1. The van der Waals surface area contributed by atoms with Gasteiger partial charge in [0.25, 0.3) is 6.29 Å². The van der Waals surface area contributed by atoms with Gasteiger partial charge in [0, 0.05) is 12.8 Å². The zero-order valence-electron chi connectivity index (χ0n) is 66.0. The van der Waals surface area contributed by atoms with Crippen LogP contribution < -0.4 is 0 Å². The van der Waals surface area contributed by atoms with Gasteiger partial charge in [-0.3, -0.25) is 9.59 Å². The van der Waals surface area contributed by atoms with Crippen molar-refractivity contribution in [1.29, 1.82) is 0 Å². The van der Waals surface area contributed by atoms with E-state index in [1.807, 2.05) is 21.1 Å². The predicted octanol–water partition coefficient (Wildman–Crippen LogP) is 28.1. The van der Waals surface area contributed by atoms with Gasteiger partial charge in [-0.2, -0.15) is 0 Å². The van der Waals surface area contributed by atoms with Crippen LogP contribution in [0.5, 0.6) is 0 Å². The molecule has 0 heterocycles. The highest BCUT2D eigenvalue weighted by Crippen LogP contribution is 2.21. The molecule has 0 saturated carbocycles. The lowest BCUT2D eigenvalue weighted by Gasteiger charge is -2.25. The number of rotatable bonds is 83. The van der Waals surface area contributed by atoms with Gasteiger partial charge < -0.3 is 28.5 Å². The number of carboxylic acids is 1. The Kier molecular flexibility index (Phi) is 77.6. The number of carboxylic acid groups (broad SMARTS) is 1. The van der Waals surface area contributed by atoms with Gasteiger partial charge in [0.1, 0.15) is 13.2 Å². The molecule has 0 aliphatic rings. The van der Waals surface area contributed by atoms with Crippen molar-refractivity contribution in [2.75, 3.05) is 47.5 Å². The molecule has 0 aromatic heterocycles. The fourth-order valence-electron chi connectivity index (χ4n) is 13.5. The van der Waals surface area contributed by atoms with Gasteiger partial charge in [-0.1, -0.05) is 411 Å². The number of hydrogen-bond donors (Lipinski definition) is 1. The summed E-state index contributed by atoms with van der Waals surface area (Å²) in [7, 11) is 6.01. The van der Waals surface area contributed by atoms with Crippen LogP contribution in [-0.2, 0) is 33.3 Å². The fraction of sp³-hybridized carbons (Fsp3) is 0.920. The van der Waals surface area contributed by atoms with Crippen LogP contribution in [0.2, 0.25) is 0 Å². The lowest BCUT2D eigenvalue weighted by molar-refractivity contribution is -0.870. The number of allylic oxidation sites excluding steroid dienone is 4. The number of esters is 2. The first-order chi connectivity index (χ1) is 47.6. The molecule has 0 saturated heterocycles. The first kappa shape index (κ1) is 94.8. The van der Waals surface area contributed by atoms with Crippen molar-refractivity contribution < 1.29 is 42.9 Å². The molecular formula is C88H170NO8+. The van der Waals surface area contributed by atoms with Crippen molar-refractivity contribution in [3.63, 3.8) is 0 Å². The number of nitrogens with zero attached hydrogens (tertiary/aromatic N) is 1. The maximum absolute atomic E-state index is 13.0. The first-order valence-electron chi connectivity index (χ1n) is 43.5. The number of unbranched alkanes of at least 4 members (excludes halogenated alkanes) is 64. The summed E-state index contributed by atoms with van der Waals surface area (Å²) in [4.78, 5) is 37.8. The van der Waals surface area contributed by atoms with E-state index >= 15 is 0 Å². The molecule has 2 atom stereocenters. The number of hydrogen-bond acceptors (Lipinski definition) is 7. The molecule has 9 heteroatoms. The average molecular weight is 1370 g/mol. The largest absolute Gasteiger partial charge is 0.477 e. The molecule has 0 aromatic rings. The number of likely N-dealkylation sites (N-methyl/N-ethyl adjacent to an activating group) is 1. The Morgan fingerprint density at radius 2 is 0.526 bits per heavy atom. The van der Waals surface area contributed by atoms with E-state index in [4.69, 9.17) is 18.9 Å². The van der Waals surface area contributed by atoms with Crippen molar-refractivity contribution in [3.8, 4) is 0 Å². The molecule has 0 aromatic carbocycles. The van der Waals surface area contributed by atoms with Crippen molar-refractivity contribution in [3.05, 3.63) is 24.3 Å². The summed E-state index contributed by atoms with van der Waals surface area (Å²) in [6.45, 7) is 4.97. The van der Waals surface area contributed by atoms with Crippen LogP contribution in [-0.4, -0.2) is 87.4 Å². The first-order valence-corrected chi connectivity index (χ1v) is 43.5. The van der Waals surface area contributed by atoms with E-state index in [9.17, 15) is 19.5 Å². The van der Waals surface area contributed by atoms with Crippen LogP contribution in [0.15, 0.2) is 24.3 Å². The third-order valence-electron chi connectivity index (χ3n) is 20.2. The Labute approximate surface area is 605 Å². The van der Waals surface area contributed by atoms with Gasteiger partial charge in [-0.05, 0) is 64.2 Å². The highest BCUT2D eigenvalue weighted by Gasteiger charge is 2.25. The lowest BCUT2D eigenvalue weighted by atomic mass is 10.0. The van der Waals surface area contributed by atoms with Crippen molar-refractivity contribution in [2.45, 2.75) is 476 Å². The molecule has 0 amide bonds. The molecule has 0 bridgehead atoms. The summed E-state index contributed by atoms with van der Waals surface area (Å²) in [5.74, 6) is -1.96. The minimum absolute atomic E-state index is 0.174. The summed E-state index contributed by atoms with van der Waals surface area (Å²) in [6.07, 6.45) is 99.5. The molecule has 0 rings (SSSR count). The molecule has 0 spiro atoms. The fourth-order valence-corrected chi connectivity index (χ4v) is 13.5. The predicted molar refractivity (Wildman–Crippen MR) is 420 cm³/mol. The monoisotopic (exact) mass is 1370 g/mol. The zero-order valence-corrected chi connectivity index (χ0v) is 66.0. The molecule has 1 N–H and O–H groups in total. The third-order valence-corrected chi connectivity index (χ3v) is 20.2. The lowest BCUT2D eigenvalue weighted by Crippen LogP contribution is -2.40. The van der Waals surface area contributed by atoms with Crippen LogP contribution in [0.4, 0.5) is 0 Å². The Bertz CT molecular complexity index is 1640. The van der Waals surface area contributed by atoms with Crippen molar-refractivity contribution in [2.24, 2.45) is 0 Å². The summed E-state index contributed by atoms with van der Waals surface area (Å²) in [5, 5.41) is 9.78. The van der Waals surface area contributed by atoms with Gasteiger partial charge in [-0.25, -0.2) is 4.79 Å². The molecule has 97 heavy (non-hydrogen) atoms. The van der Waals surface area contributed by atoms with Gasteiger partial charge in [0.05, 0.1) is 34.4 Å². The highest BCUT2D eigenvalue weighted by atomic mass is 16.7. The van der Waals surface area contributed by atoms with E-state index in [1.165, 1.54) is 398 Å². The Hall–Kier alpha value is -2.23. The van der Waals surface area contributed by atoms with Gasteiger partial charge >= 0.3 is 17.9 Å². The van der Waals surface area contributed by atoms with Crippen LogP contribution in [0.3, 0.4) is 0 Å². The Balaban J connectivity index is 3.90. The van der Waals surface area contributed by atoms with Gasteiger partial charge in [-0.15, -0.1) is 0 Å². The minimum Gasteiger partial charge on any atom is -0.477 e. The normalized spacial score (nSPS) is 12.6. The second-order valence-corrected chi connectivity index (χ2v) is 31.2. The average Bonchev–Trinajstić information content (AvgIpc) is 3.27. The highest BCUT2D eigenvalue weighted by molar-refractivity contribution is 5.71. The summed E-state index contributed by atoms with van der Waals surface area (Å²) in [5.41, 5.74) is 0. The number of carbonyl (C=O) groups excluding carboxylic acids is 2. The Morgan fingerprint density at radius 1 is 0.299 bits per heavy atom. The van der Waals surface area contributed by atoms with Crippen molar-refractivity contribution >= 4 is 17.9 Å². The van der Waals surface area contributed by atoms with Gasteiger partial charge in [0.15, 0.2) is 6.10 Å². The third kappa shape index (κ3) is 80.9. The molecular weight excluding hydrogens is 1200 g/mol. The topological polar surface area (TPSA) is 108 Å². The smallest absolute Gasteiger partial charge is 0.361 e. The van der Waals surface area contributed by atoms with Crippen molar-refractivity contribution in [1.82, 2.24) is 0 Å². The maximum Gasteiger partial charge on any atom is 0.361 e. The SMILES string of the molecule is CCCCCCCCCC/C=C\CCCCCCCCCCCCCCCCCCCCCCCCCCCCCCCC(=O)OC(COC(=O)CCCCCCCCCCCCCCCCCCCCC/C=C\CCCCCCCCCC)COC(OCC[N+](C)(C)C)C(=O)O. The summed E-state index contributed by atoms with van der Waals surface area (Å²) >= 11 is 0. The van der Waals surface area contributed by atoms with E-state index in [0.717, 1.165) is 38.5 Å². The molecule has 0 fully saturated rings. The molecule has 9 nitrogen and oxygen atoms in total. The van der Waals surface area contributed by atoms with Crippen LogP contribution in [0.1, 0.15) is 463 Å². The second-order valence-electron chi connectivity index (χ2n) is 31.2. The minimum atomic E-state index is -1.51.